The number of allylic oxidation sites excluding steroid dienone is 4. The third kappa shape index (κ3) is 1.49. The lowest BCUT2D eigenvalue weighted by atomic mass is 9.88. The van der Waals surface area contributed by atoms with Crippen LogP contribution in [-0.2, 0) is 4.79 Å². The van der Waals surface area contributed by atoms with E-state index in [2.05, 4.69) is 0 Å². The van der Waals surface area contributed by atoms with Crippen molar-refractivity contribution < 1.29 is 4.79 Å². The van der Waals surface area contributed by atoms with Crippen molar-refractivity contribution in [2.45, 2.75) is 13.8 Å². The molecule has 11 heavy (non-hydrogen) atoms. The maximum absolute atomic E-state index is 10.9. The van der Waals surface area contributed by atoms with Crippen LogP contribution in [-0.4, -0.2) is 5.78 Å². The van der Waals surface area contributed by atoms with E-state index >= 15 is 0 Å². The summed E-state index contributed by atoms with van der Waals surface area (Å²) in [5, 5.41) is 0.561. The minimum atomic E-state index is -0.299. The number of carbonyl (C=O) groups is 1. The fourth-order valence-corrected chi connectivity index (χ4v) is 1.28. The van der Waals surface area contributed by atoms with Gasteiger partial charge in [0.15, 0.2) is 5.78 Å². The summed E-state index contributed by atoms with van der Waals surface area (Å²) in [6.45, 7) is 3.81. The zero-order valence-electron chi connectivity index (χ0n) is 6.32. The molecule has 0 bridgehead atoms. The van der Waals surface area contributed by atoms with Crippen LogP contribution in [0.15, 0.2) is 22.2 Å². The zero-order chi connectivity index (χ0) is 8.65. The summed E-state index contributed by atoms with van der Waals surface area (Å²) in [6.07, 6.45) is 3.21. The number of halogens is 2. The summed E-state index contributed by atoms with van der Waals surface area (Å²) >= 11 is 11.5. The van der Waals surface area contributed by atoms with Crippen molar-refractivity contribution in [3.8, 4) is 0 Å². The quantitative estimate of drug-likeness (QED) is 0.575. The first-order valence-corrected chi connectivity index (χ1v) is 4.00. The van der Waals surface area contributed by atoms with Crippen LogP contribution in [0.25, 0.3) is 0 Å². The number of hydrogen-bond acceptors (Lipinski definition) is 1. The average Bonchev–Trinajstić information content (AvgIpc) is 1.95. The molecule has 0 amide bonds. The van der Waals surface area contributed by atoms with Gasteiger partial charge in [-0.3, -0.25) is 4.79 Å². The first-order valence-electron chi connectivity index (χ1n) is 3.24. The molecule has 0 heterocycles. The van der Waals surface area contributed by atoms with Crippen LogP contribution in [0.5, 0.6) is 0 Å². The van der Waals surface area contributed by atoms with Gasteiger partial charge in [0.1, 0.15) is 5.03 Å². The highest BCUT2D eigenvalue weighted by atomic mass is 35.5. The minimum absolute atomic E-state index is 0.138. The van der Waals surface area contributed by atoms with Crippen molar-refractivity contribution >= 4 is 29.0 Å². The molecule has 60 valence electrons. The Morgan fingerprint density at radius 2 is 1.91 bits per heavy atom. The first kappa shape index (κ1) is 8.82. The van der Waals surface area contributed by atoms with Crippen LogP contribution in [0.3, 0.4) is 0 Å². The van der Waals surface area contributed by atoms with Gasteiger partial charge in [-0.25, -0.2) is 0 Å². The van der Waals surface area contributed by atoms with Crippen molar-refractivity contribution in [1.29, 1.82) is 0 Å². The summed E-state index contributed by atoms with van der Waals surface area (Å²) in [6, 6.07) is 0. The maximum atomic E-state index is 10.9. The highest BCUT2D eigenvalue weighted by molar-refractivity contribution is 6.50. The standard InChI is InChI=1S/C8H8Cl2O/c1-8(2)4-3-5(11)6(9)7(8)10/h3-4H,1-2H3. The summed E-state index contributed by atoms with van der Waals surface area (Å²) in [5.74, 6) is -0.212. The summed E-state index contributed by atoms with van der Waals surface area (Å²) in [5.41, 5.74) is -0.299. The van der Waals surface area contributed by atoms with E-state index in [4.69, 9.17) is 23.2 Å². The topological polar surface area (TPSA) is 17.1 Å². The third-order valence-corrected chi connectivity index (χ3v) is 2.77. The van der Waals surface area contributed by atoms with Gasteiger partial charge in [0.05, 0.1) is 5.03 Å². The van der Waals surface area contributed by atoms with E-state index in [1.54, 1.807) is 6.08 Å². The van der Waals surface area contributed by atoms with Crippen LogP contribution in [0, 0.1) is 5.41 Å². The normalized spacial score (nSPS) is 22.7. The highest BCUT2D eigenvalue weighted by Gasteiger charge is 2.27. The van der Waals surface area contributed by atoms with Gasteiger partial charge in [-0.05, 0) is 6.08 Å². The Hall–Kier alpha value is -0.270. The Morgan fingerprint density at radius 1 is 1.36 bits per heavy atom. The van der Waals surface area contributed by atoms with Gasteiger partial charge in [-0.15, -0.1) is 0 Å². The first-order chi connectivity index (χ1) is 4.95. The molecule has 0 aromatic heterocycles. The molecule has 0 aliphatic heterocycles. The maximum Gasteiger partial charge on any atom is 0.198 e. The number of ketones is 1. The Bertz CT molecular complexity index is 261. The molecule has 0 fully saturated rings. The van der Waals surface area contributed by atoms with Crippen molar-refractivity contribution in [2.24, 2.45) is 5.41 Å². The molecule has 0 saturated carbocycles. The second kappa shape index (κ2) is 2.65. The van der Waals surface area contributed by atoms with Gasteiger partial charge in [-0.2, -0.15) is 0 Å². The number of hydrogen-bond donors (Lipinski definition) is 0. The summed E-state index contributed by atoms with van der Waals surface area (Å²) < 4.78 is 0. The van der Waals surface area contributed by atoms with Gasteiger partial charge in [0.2, 0.25) is 0 Å². The van der Waals surface area contributed by atoms with Crippen molar-refractivity contribution in [3.63, 3.8) is 0 Å². The second-order valence-corrected chi connectivity index (χ2v) is 3.80. The second-order valence-electron chi connectivity index (χ2n) is 3.05. The van der Waals surface area contributed by atoms with E-state index in [-0.39, 0.29) is 16.2 Å². The molecule has 0 aromatic rings. The SMILES string of the molecule is CC1(C)C=CC(=O)C(Cl)=C1Cl. The van der Waals surface area contributed by atoms with Gasteiger partial charge in [0, 0.05) is 5.41 Å². The van der Waals surface area contributed by atoms with Gasteiger partial charge >= 0.3 is 0 Å². The lowest BCUT2D eigenvalue weighted by Crippen LogP contribution is -2.16. The van der Waals surface area contributed by atoms with Gasteiger partial charge in [-0.1, -0.05) is 43.1 Å². The largest absolute Gasteiger partial charge is 0.288 e. The fourth-order valence-electron chi connectivity index (χ4n) is 0.821. The molecule has 3 heteroatoms. The van der Waals surface area contributed by atoms with Crippen LogP contribution >= 0.6 is 23.2 Å². The lowest BCUT2D eigenvalue weighted by molar-refractivity contribution is -0.111. The Balaban J connectivity index is 3.14. The van der Waals surface area contributed by atoms with E-state index in [0.717, 1.165) is 0 Å². The molecule has 1 rings (SSSR count). The van der Waals surface area contributed by atoms with Crippen molar-refractivity contribution in [1.82, 2.24) is 0 Å². The smallest absolute Gasteiger partial charge is 0.198 e. The van der Waals surface area contributed by atoms with Crippen molar-refractivity contribution in [3.05, 3.63) is 22.2 Å². The molecular formula is C8H8Cl2O. The van der Waals surface area contributed by atoms with E-state index in [1.165, 1.54) is 6.08 Å². The van der Waals surface area contributed by atoms with Crippen LogP contribution < -0.4 is 0 Å². The van der Waals surface area contributed by atoms with E-state index < -0.39 is 0 Å². The number of carbonyl (C=O) groups excluding carboxylic acids is 1. The van der Waals surface area contributed by atoms with Crippen molar-refractivity contribution in [2.75, 3.05) is 0 Å². The van der Waals surface area contributed by atoms with E-state index in [0.29, 0.717) is 5.03 Å². The van der Waals surface area contributed by atoms with Gasteiger partial charge < -0.3 is 0 Å². The van der Waals surface area contributed by atoms with Crippen LogP contribution in [0.1, 0.15) is 13.8 Å². The highest BCUT2D eigenvalue weighted by Crippen LogP contribution is 2.38. The predicted molar refractivity (Wildman–Crippen MR) is 46.7 cm³/mol. The Kier molecular flexibility index (Phi) is 2.13. The summed E-state index contributed by atoms with van der Waals surface area (Å²) in [4.78, 5) is 10.9. The van der Waals surface area contributed by atoms with Gasteiger partial charge in [0.25, 0.3) is 0 Å². The predicted octanol–water partition coefficient (Wildman–Crippen LogP) is 2.84. The zero-order valence-corrected chi connectivity index (χ0v) is 7.83. The lowest BCUT2D eigenvalue weighted by Gasteiger charge is -2.23. The van der Waals surface area contributed by atoms with E-state index in [1.807, 2.05) is 13.8 Å². The average molecular weight is 191 g/mol. The molecular weight excluding hydrogens is 183 g/mol. The summed E-state index contributed by atoms with van der Waals surface area (Å²) in [7, 11) is 0. The molecule has 0 spiro atoms. The monoisotopic (exact) mass is 190 g/mol. The molecule has 0 radical (unpaired) electrons. The van der Waals surface area contributed by atoms with E-state index in [9.17, 15) is 4.79 Å². The molecule has 1 aliphatic carbocycles. The minimum Gasteiger partial charge on any atom is -0.288 e. The number of rotatable bonds is 0. The third-order valence-electron chi connectivity index (χ3n) is 1.63. The Morgan fingerprint density at radius 3 is 2.36 bits per heavy atom. The molecule has 0 aromatic carbocycles. The molecule has 0 atom stereocenters. The molecule has 0 unspecified atom stereocenters. The fraction of sp³-hybridized carbons (Fsp3) is 0.375. The molecule has 1 aliphatic rings. The van der Waals surface area contributed by atoms with Crippen LogP contribution in [0.2, 0.25) is 0 Å². The van der Waals surface area contributed by atoms with Crippen LogP contribution in [0.4, 0.5) is 0 Å². The Labute approximate surface area is 75.7 Å². The molecule has 0 saturated heterocycles. The molecule has 0 N–H and O–H groups in total. The molecule has 1 nitrogen and oxygen atoms in total.